The summed E-state index contributed by atoms with van der Waals surface area (Å²) in [5.74, 6) is -2.59. The van der Waals surface area contributed by atoms with E-state index in [1.165, 1.54) is 6.20 Å². The molecule has 33 heavy (non-hydrogen) atoms. The number of rotatable bonds is 5. The number of halogens is 2. The lowest BCUT2D eigenvalue weighted by molar-refractivity contribution is 0.0796. The topological polar surface area (TPSA) is 89.1 Å². The van der Waals surface area contributed by atoms with Gasteiger partial charge in [0, 0.05) is 31.5 Å². The van der Waals surface area contributed by atoms with E-state index in [1.807, 2.05) is 35.6 Å². The van der Waals surface area contributed by atoms with Gasteiger partial charge in [-0.2, -0.15) is 0 Å². The highest BCUT2D eigenvalue weighted by atomic mass is 19.3. The fourth-order valence-electron chi connectivity index (χ4n) is 5.15. The molecule has 1 aliphatic heterocycles. The first-order valence-electron chi connectivity index (χ1n) is 11.2. The largest absolute Gasteiger partial charge is 0.435 e. The fourth-order valence-corrected chi connectivity index (χ4v) is 5.15. The van der Waals surface area contributed by atoms with Crippen LogP contribution in [-0.4, -0.2) is 44.4 Å². The molecule has 2 fully saturated rings. The number of hydrogen-bond donors (Lipinski definition) is 1. The van der Waals surface area contributed by atoms with Crippen LogP contribution >= 0.6 is 0 Å². The number of anilines is 1. The van der Waals surface area contributed by atoms with Gasteiger partial charge in [0.15, 0.2) is 5.89 Å². The number of pyridine rings is 1. The number of alkyl halides is 2. The van der Waals surface area contributed by atoms with Gasteiger partial charge in [-0.25, -0.2) is 23.7 Å². The van der Waals surface area contributed by atoms with E-state index in [0.717, 1.165) is 41.3 Å². The second-order valence-corrected chi connectivity index (χ2v) is 9.25. The first kappa shape index (κ1) is 20.3. The Morgan fingerprint density at radius 2 is 2.06 bits per heavy atom. The molecule has 6 rings (SSSR count). The van der Waals surface area contributed by atoms with Gasteiger partial charge < -0.3 is 19.2 Å². The Morgan fingerprint density at radius 1 is 1.27 bits per heavy atom. The Balaban J connectivity index is 1.10. The van der Waals surface area contributed by atoms with E-state index >= 15 is 0 Å². The Morgan fingerprint density at radius 3 is 2.82 bits per heavy atom. The summed E-state index contributed by atoms with van der Waals surface area (Å²) in [5, 5.41) is 2.99. The molecule has 8 nitrogen and oxygen atoms in total. The average molecular weight is 454 g/mol. The zero-order valence-corrected chi connectivity index (χ0v) is 18.4. The molecule has 2 unspecified atom stereocenters. The van der Waals surface area contributed by atoms with Gasteiger partial charge in [-0.3, -0.25) is 4.79 Å². The summed E-state index contributed by atoms with van der Waals surface area (Å²) in [7, 11) is 1.95. The first-order valence-corrected chi connectivity index (χ1v) is 11.2. The molecule has 172 valence electrons. The Kier molecular flexibility index (Phi) is 4.37. The van der Waals surface area contributed by atoms with Crippen molar-refractivity contribution in [1.82, 2.24) is 24.8 Å². The molecule has 3 aliphatic rings. The van der Waals surface area contributed by atoms with Crippen molar-refractivity contribution in [3.8, 4) is 0 Å². The summed E-state index contributed by atoms with van der Waals surface area (Å²) in [4.78, 5) is 27.9. The molecule has 3 aromatic heterocycles. The molecule has 4 heterocycles. The molecule has 10 heteroatoms. The first-order chi connectivity index (χ1) is 15.8. The molecule has 0 radical (unpaired) electrons. The molecule has 1 saturated heterocycles. The van der Waals surface area contributed by atoms with Gasteiger partial charge >= 0.3 is 0 Å². The van der Waals surface area contributed by atoms with Gasteiger partial charge in [-0.1, -0.05) is 6.07 Å². The maximum absolute atomic E-state index is 13.5. The van der Waals surface area contributed by atoms with Crippen LogP contribution in [0.15, 0.2) is 29.1 Å². The van der Waals surface area contributed by atoms with E-state index < -0.39 is 17.8 Å². The van der Waals surface area contributed by atoms with E-state index in [2.05, 4.69) is 20.3 Å². The van der Waals surface area contributed by atoms with Crippen molar-refractivity contribution in [3.05, 3.63) is 59.0 Å². The molecule has 3 aromatic rings. The predicted molar refractivity (Wildman–Crippen MR) is 114 cm³/mol. The van der Waals surface area contributed by atoms with Crippen LogP contribution < -0.4 is 10.2 Å². The third kappa shape index (κ3) is 3.30. The highest BCUT2D eigenvalue weighted by Crippen LogP contribution is 2.59. The van der Waals surface area contributed by atoms with Crippen LogP contribution in [0.25, 0.3) is 0 Å². The summed E-state index contributed by atoms with van der Waals surface area (Å²) < 4.78 is 34.6. The highest BCUT2D eigenvalue weighted by molar-refractivity contribution is 5.91. The van der Waals surface area contributed by atoms with Gasteiger partial charge in [0.1, 0.15) is 5.82 Å². The number of aromatic nitrogens is 4. The lowest BCUT2D eigenvalue weighted by Gasteiger charge is -2.21. The minimum Gasteiger partial charge on any atom is -0.435 e. The molecule has 0 bridgehead atoms. The van der Waals surface area contributed by atoms with E-state index in [9.17, 15) is 13.6 Å². The summed E-state index contributed by atoms with van der Waals surface area (Å²) in [6.07, 6.45) is 5.28. The van der Waals surface area contributed by atoms with Gasteiger partial charge in [0.2, 0.25) is 5.76 Å². The van der Waals surface area contributed by atoms with Crippen LogP contribution in [0, 0.1) is 18.8 Å². The minimum atomic E-state index is -2.50. The minimum absolute atomic E-state index is 0.127. The highest BCUT2D eigenvalue weighted by Gasteiger charge is 2.71. The Labute approximate surface area is 189 Å². The van der Waals surface area contributed by atoms with E-state index in [1.54, 1.807) is 6.33 Å². The van der Waals surface area contributed by atoms with Crippen LogP contribution in [0.4, 0.5) is 14.6 Å². The maximum atomic E-state index is 13.5. The van der Waals surface area contributed by atoms with Gasteiger partial charge in [0.05, 0.1) is 42.5 Å². The van der Waals surface area contributed by atoms with E-state index in [-0.39, 0.29) is 17.7 Å². The van der Waals surface area contributed by atoms with Crippen molar-refractivity contribution >= 4 is 11.7 Å². The number of carbonyl (C=O) groups excluding carboxylic acids is 1. The number of aryl methyl sites for hydroxylation is 2. The van der Waals surface area contributed by atoms with Gasteiger partial charge in [0.25, 0.3) is 11.8 Å². The molecular weight excluding hydrogens is 430 g/mol. The Hall–Kier alpha value is -3.30. The second-order valence-electron chi connectivity index (χ2n) is 9.25. The number of carbonyl (C=O) groups is 1. The number of nitrogens with one attached hydrogen (secondary N) is 1. The number of piperidine rings is 1. The normalized spacial score (nSPS) is 24.6. The number of amides is 1. The van der Waals surface area contributed by atoms with Crippen molar-refractivity contribution in [1.29, 1.82) is 0 Å². The van der Waals surface area contributed by atoms with Crippen molar-refractivity contribution in [2.75, 3.05) is 18.0 Å². The van der Waals surface area contributed by atoms with E-state index in [0.29, 0.717) is 25.4 Å². The van der Waals surface area contributed by atoms with Crippen molar-refractivity contribution in [2.24, 2.45) is 18.9 Å². The zero-order chi connectivity index (χ0) is 22.9. The van der Waals surface area contributed by atoms with Crippen LogP contribution in [0.3, 0.4) is 0 Å². The lowest BCUT2D eigenvalue weighted by Crippen LogP contribution is -2.28. The van der Waals surface area contributed by atoms with Crippen molar-refractivity contribution in [2.45, 2.75) is 38.2 Å². The molecule has 0 spiro atoms. The van der Waals surface area contributed by atoms with Gasteiger partial charge in [-0.05, 0) is 31.4 Å². The number of oxazole rings is 1. The average Bonchev–Trinajstić information content (AvgIpc) is 3.41. The number of nitrogens with zero attached hydrogens (tertiary/aromatic N) is 5. The monoisotopic (exact) mass is 454 g/mol. The van der Waals surface area contributed by atoms with Gasteiger partial charge in [-0.15, -0.1) is 0 Å². The SMILES string of the molecule is Cc1nc(N2CC3C(C2)C3(F)F)ccc1Cc1ncc(C(=O)N[C@@H]2CCc3c2ncn3C)o1. The van der Waals surface area contributed by atoms with Crippen LogP contribution in [0.1, 0.15) is 51.6 Å². The summed E-state index contributed by atoms with van der Waals surface area (Å²) >= 11 is 0. The van der Waals surface area contributed by atoms with Crippen LogP contribution in [0.5, 0.6) is 0 Å². The quantitative estimate of drug-likeness (QED) is 0.638. The summed E-state index contributed by atoms with van der Waals surface area (Å²) in [6, 6.07) is 3.65. The standard InChI is InChI=1S/C23H24F2N6O2/c1-12-13(3-6-19(28-12)31-9-14-15(10-31)23(14,24)25)7-20-26-8-18(33-20)22(32)29-16-4-5-17-21(16)27-11-30(17)2/h3,6,8,11,14-16H,4-5,7,9-10H2,1-2H3,(H,29,32)/t14?,15?,16-/m1/s1. The predicted octanol–water partition coefficient (Wildman–Crippen LogP) is 2.82. The summed E-state index contributed by atoms with van der Waals surface area (Å²) in [6.45, 7) is 2.58. The fraction of sp³-hybridized carbons (Fsp3) is 0.478. The smallest absolute Gasteiger partial charge is 0.289 e. The zero-order valence-electron chi connectivity index (χ0n) is 18.4. The summed E-state index contributed by atoms with van der Waals surface area (Å²) in [5.41, 5.74) is 3.75. The molecule has 1 saturated carbocycles. The molecule has 1 amide bonds. The van der Waals surface area contributed by atoms with Crippen LogP contribution in [-0.2, 0) is 19.9 Å². The second kappa shape index (κ2) is 7.10. The number of hydrogen-bond acceptors (Lipinski definition) is 6. The van der Waals surface area contributed by atoms with Crippen molar-refractivity contribution < 1.29 is 18.0 Å². The third-order valence-corrected chi connectivity index (χ3v) is 7.22. The van der Waals surface area contributed by atoms with Crippen LogP contribution in [0.2, 0.25) is 0 Å². The number of imidazole rings is 1. The number of fused-ring (bicyclic) bond motifs is 2. The molecule has 1 N–H and O–H groups in total. The third-order valence-electron chi connectivity index (χ3n) is 7.22. The Bertz CT molecular complexity index is 1240. The lowest BCUT2D eigenvalue weighted by atomic mass is 10.1. The molecule has 3 atom stereocenters. The molecule has 2 aliphatic carbocycles. The molecular formula is C23H24F2N6O2. The van der Waals surface area contributed by atoms with Crippen molar-refractivity contribution in [3.63, 3.8) is 0 Å². The molecule has 0 aromatic carbocycles. The van der Waals surface area contributed by atoms with E-state index in [4.69, 9.17) is 4.42 Å². The maximum Gasteiger partial charge on any atom is 0.289 e.